The molecule has 3 N–H and O–H groups in total. The molecule has 0 atom stereocenters. The second-order valence-corrected chi connectivity index (χ2v) is 8.26. The number of benzene rings is 3. The quantitative estimate of drug-likeness (QED) is 0.172. The van der Waals surface area contributed by atoms with E-state index in [1.807, 2.05) is 24.3 Å². The zero-order valence-corrected chi connectivity index (χ0v) is 18.3. The van der Waals surface area contributed by atoms with Crippen LogP contribution >= 0.6 is 11.3 Å². The third-order valence-electron chi connectivity index (χ3n) is 5.31. The molecule has 0 unspecified atom stereocenters. The van der Waals surface area contributed by atoms with E-state index >= 15 is 0 Å². The predicted octanol–water partition coefficient (Wildman–Crippen LogP) is 5.50. The van der Waals surface area contributed by atoms with Crippen molar-refractivity contribution in [1.82, 2.24) is 4.98 Å². The minimum Gasteiger partial charge on any atom is -0.433 e. The lowest BCUT2D eigenvalue weighted by molar-refractivity contribution is 0.0965. The fourth-order valence-corrected chi connectivity index (χ4v) is 4.39. The third kappa shape index (κ3) is 4.56. The second kappa shape index (κ2) is 9.13. The van der Waals surface area contributed by atoms with Gasteiger partial charge in [-0.2, -0.15) is 5.10 Å². The van der Waals surface area contributed by atoms with E-state index in [1.54, 1.807) is 35.9 Å². The normalized spacial score (nSPS) is 12.4. The van der Waals surface area contributed by atoms with Crippen LogP contribution in [0.1, 0.15) is 22.6 Å². The van der Waals surface area contributed by atoms with Crippen molar-refractivity contribution in [2.24, 2.45) is 5.10 Å². The van der Waals surface area contributed by atoms with E-state index in [0.717, 1.165) is 16.7 Å². The van der Waals surface area contributed by atoms with Crippen LogP contribution in [0.2, 0.25) is 0 Å². The van der Waals surface area contributed by atoms with E-state index in [9.17, 15) is 4.79 Å². The van der Waals surface area contributed by atoms with Gasteiger partial charge in [0.15, 0.2) is 0 Å². The average Bonchev–Trinajstić information content (AvgIpc) is 3.40. The van der Waals surface area contributed by atoms with Gasteiger partial charge in [0.25, 0.3) is 0 Å². The Bertz CT molecular complexity index is 1270. The molecular weight excluding hydrogens is 436 g/mol. The van der Waals surface area contributed by atoms with Gasteiger partial charge < -0.3 is 15.2 Å². The summed E-state index contributed by atoms with van der Waals surface area (Å²) in [7, 11) is 0. The van der Waals surface area contributed by atoms with Crippen molar-refractivity contribution in [2.45, 2.75) is 5.92 Å². The fourth-order valence-electron chi connectivity index (χ4n) is 3.84. The first kappa shape index (κ1) is 20.7. The molecule has 0 saturated carbocycles. The Morgan fingerprint density at radius 2 is 1.70 bits per heavy atom. The highest BCUT2D eigenvalue weighted by molar-refractivity contribution is 7.14. The average molecular weight is 457 g/mol. The van der Waals surface area contributed by atoms with Crippen molar-refractivity contribution in [2.75, 3.05) is 17.8 Å². The highest BCUT2D eigenvalue weighted by Crippen LogP contribution is 2.44. The van der Waals surface area contributed by atoms with Crippen LogP contribution in [-0.2, 0) is 4.74 Å². The topological polar surface area (TPSA) is 98.8 Å². The molecule has 4 aromatic rings. The molecule has 0 amide bonds. The molecule has 164 valence electrons. The molecular formula is C25H20N4O3S. The summed E-state index contributed by atoms with van der Waals surface area (Å²) in [4.78, 5) is 16.4. The highest BCUT2D eigenvalue weighted by atomic mass is 32.1. The Hall–Kier alpha value is -4.17. The maximum atomic E-state index is 12.3. The fraction of sp³-hybridized carbons (Fsp3) is 0.0800. The van der Waals surface area contributed by atoms with E-state index in [1.165, 1.54) is 22.5 Å². The molecule has 1 heterocycles. The van der Waals surface area contributed by atoms with Gasteiger partial charge in [0, 0.05) is 11.3 Å². The summed E-state index contributed by atoms with van der Waals surface area (Å²) in [6, 6.07) is 23.3. The first-order chi connectivity index (χ1) is 16.2. The number of hydrazone groups is 1. The van der Waals surface area contributed by atoms with Crippen molar-refractivity contribution in [3.05, 3.63) is 94.9 Å². The Morgan fingerprint density at radius 3 is 2.33 bits per heavy atom. The van der Waals surface area contributed by atoms with Crippen LogP contribution in [0.4, 0.5) is 15.7 Å². The smallest absolute Gasteiger partial charge is 0.433 e. The molecule has 5 rings (SSSR count). The second-order valence-electron chi connectivity index (χ2n) is 7.41. The van der Waals surface area contributed by atoms with Crippen molar-refractivity contribution in [3.8, 4) is 16.9 Å². The molecule has 1 aromatic heterocycles. The standard InChI is InChI=1S/C25H20N4O3S/c26-23-15-33-24(28-23)29-27-13-16-9-11-17(12-10-16)32-25(30)31-14-22-20-7-3-1-5-18(20)19-6-2-4-8-21(19)22/h1-13,15,22H,14,26H2,(H,28,29). The zero-order chi connectivity index (χ0) is 22.6. The minimum atomic E-state index is -0.735. The van der Waals surface area contributed by atoms with Gasteiger partial charge in [-0.3, -0.25) is 5.43 Å². The summed E-state index contributed by atoms with van der Waals surface area (Å²) >= 11 is 1.37. The number of ether oxygens (including phenoxy) is 2. The molecule has 0 bridgehead atoms. The number of thiazole rings is 1. The molecule has 0 aliphatic heterocycles. The van der Waals surface area contributed by atoms with Crippen LogP contribution in [0.3, 0.4) is 0 Å². The summed E-state index contributed by atoms with van der Waals surface area (Å²) in [5.41, 5.74) is 13.9. The Morgan fingerprint density at radius 1 is 1.03 bits per heavy atom. The van der Waals surface area contributed by atoms with Gasteiger partial charge in [-0.25, -0.2) is 9.78 Å². The molecule has 0 spiro atoms. The summed E-state index contributed by atoms with van der Waals surface area (Å²) in [6.45, 7) is 0.213. The molecule has 7 nitrogen and oxygen atoms in total. The number of carbonyl (C=O) groups is 1. The molecule has 8 heteroatoms. The Kier molecular flexibility index (Phi) is 5.73. The van der Waals surface area contributed by atoms with Gasteiger partial charge in [-0.15, -0.1) is 11.3 Å². The SMILES string of the molecule is Nc1csc(NN=Cc2ccc(OC(=O)OCC3c4ccccc4-c4ccccc43)cc2)n1. The van der Waals surface area contributed by atoms with Gasteiger partial charge in [-0.1, -0.05) is 48.5 Å². The minimum absolute atomic E-state index is 0.00998. The maximum Gasteiger partial charge on any atom is 0.513 e. The number of rotatable bonds is 6. The number of hydrogen-bond acceptors (Lipinski definition) is 8. The highest BCUT2D eigenvalue weighted by Gasteiger charge is 2.29. The predicted molar refractivity (Wildman–Crippen MR) is 130 cm³/mol. The van der Waals surface area contributed by atoms with Crippen LogP contribution < -0.4 is 15.9 Å². The van der Waals surface area contributed by atoms with E-state index in [4.69, 9.17) is 15.2 Å². The van der Waals surface area contributed by atoms with E-state index in [-0.39, 0.29) is 12.5 Å². The van der Waals surface area contributed by atoms with Crippen LogP contribution in [0.15, 0.2) is 83.3 Å². The lowest BCUT2D eigenvalue weighted by Gasteiger charge is -2.14. The summed E-state index contributed by atoms with van der Waals surface area (Å²) < 4.78 is 10.8. The molecule has 0 fully saturated rings. The summed E-state index contributed by atoms with van der Waals surface area (Å²) in [5, 5.41) is 6.45. The van der Waals surface area contributed by atoms with Gasteiger partial charge in [-0.05, 0) is 52.1 Å². The zero-order valence-electron chi connectivity index (χ0n) is 17.5. The number of fused-ring (bicyclic) bond motifs is 3. The number of nitrogen functional groups attached to an aromatic ring is 1. The van der Waals surface area contributed by atoms with Crippen molar-refractivity contribution in [1.29, 1.82) is 0 Å². The largest absolute Gasteiger partial charge is 0.513 e. The number of nitrogens with one attached hydrogen (secondary N) is 1. The van der Waals surface area contributed by atoms with Crippen molar-refractivity contribution in [3.63, 3.8) is 0 Å². The molecule has 1 aliphatic rings. The number of nitrogens with two attached hydrogens (primary N) is 1. The van der Waals surface area contributed by atoms with Crippen LogP contribution in [0, 0.1) is 0 Å². The molecule has 1 aliphatic carbocycles. The van der Waals surface area contributed by atoms with Gasteiger partial charge >= 0.3 is 6.16 Å². The van der Waals surface area contributed by atoms with E-state index in [2.05, 4.69) is 39.8 Å². The van der Waals surface area contributed by atoms with Crippen LogP contribution in [0.5, 0.6) is 5.75 Å². The lowest BCUT2D eigenvalue weighted by Crippen LogP contribution is -2.15. The number of carbonyl (C=O) groups excluding carboxylic acids is 1. The molecule has 0 radical (unpaired) electrons. The number of aromatic nitrogens is 1. The number of nitrogens with zero attached hydrogens (tertiary/aromatic N) is 2. The molecule has 33 heavy (non-hydrogen) atoms. The van der Waals surface area contributed by atoms with Gasteiger partial charge in [0.2, 0.25) is 5.13 Å². The first-order valence-corrected chi connectivity index (χ1v) is 11.2. The summed E-state index contributed by atoms with van der Waals surface area (Å²) in [5.74, 6) is 0.835. The summed E-state index contributed by atoms with van der Waals surface area (Å²) in [6.07, 6.45) is 0.899. The monoisotopic (exact) mass is 456 g/mol. The van der Waals surface area contributed by atoms with Crippen LogP contribution in [0.25, 0.3) is 11.1 Å². The van der Waals surface area contributed by atoms with E-state index < -0.39 is 6.16 Å². The number of hydrogen-bond donors (Lipinski definition) is 2. The Labute approximate surface area is 194 Å². The van der Waals surface area contributed by atoms with Gasteiger partial charge in [0.05, 0.1) is 6.21 Å². The molecule has 3 aromatic carbocycles. The van der Waals surface area contributed by atoms with E-state index in [0.29, 0.717) is 16.7 Å². The first-order valence-electron chi connectivity index (χ1n) is 10.3. The Balaban J connectivity index is 1.17. The van der Waals surface area contributed by atoms with Crippen LogP contribution in [-0.4, -0.2) is 24.0 Å². The number of anilines is 2. The lowest BCUT2D eigenvalue weighted by atomic mass is 9.98. The van der Waals surface area contributed by atoms with Crippen molar-refractivity contribution < 1.29 is 14.3 Å². The molecule has 0 saturated heterocycles. The van der Waals surface area contributed by atoms with Gasteiger partial charge in [0.1, 0.15) is 18.2 Å². The van der Waals surface area contributed by atoms with Crippen molar-refractivity contribution >= 4 is 34.7 Å². The third-order valence-corrected chi connectivity index (χ3v) is 6.07. The maximum absolute atomic E-state index is 12.3.